The SMILES string of the molecule is CC(NC(=O)c1cccc(Cl)c1Cl)C(=O)NCCC(=O)NCc1ccncc1. The van der Waals surface area contributed by atoms with Crippen molar-refractivity contribution >= 4 is 40.9 Å². The molecule has 1 heterocycles. The fraction of sp³-hybridized carbons (Fsp3) is 0.263. The lowest BCUT2D eigenvalue weighted by molar-refractivity contribution is -0.123. The molecule has 0 aliphatic rings. The molecular weight excluding hydrogens is 403 g/mol. The van der Waals surface area contributed by atoms with Gasteiger partial charge in [-0.05, 0) is 36.8 Å². The molecule has 9 heteroatoms. The van der Waals surface area contributed by atoms with Crippen LogP contribution < -0.4 is 16.0 Å². The van der Waals surface area contributed by atoms with Crippen LogP contribution in [-0.4, -0.2) is 35.3 Å². The molecule has 2 rings (SSSR count). The van der Waals surface area contributed by atoms with Crippen molar-refractivity contribution in [1.29, 1.82) is 0 Å². The number of halogens is 2. The third-order valence-corrected chi connectivity index (χ3v) is 4.65. The summed E-state index contributed by atoms with van der Waals surface area (Å²) in [5.41, 5.74) is 1.12. The summed E-state index contributed by atoms with van der Waals surface area (Å²) in [5, 5.41) is 8.29. The largest absolute Gasteiger partial charge is 0.354 e. The van der Waals surface area contributed by atoms with Crippen LogP contribution in [-0.2, 0) is 16.1 Å². The van der Waals surface area contributed by atoms with Gasteiger partial charge in [-0.1, -0.05) is 29.3 Å². The molecule has 0 fully saturated rings. The van der Waals surface area contributed by atoms with E-state index in [-0.39, 0.29) is 34.5 Å². The highest BCUT2D eigenvalue weighted by molar-refractivity contribution is 6.43. The first-order valence-corrected chi connectivity index (χ1v) is 9.32. The first kappa shape index (κ1) is 21.7. The standard InChI is InChI=1S/C19H20Cl2N4O3/c1-12(25-19(28)14-3-2-4-15(20)17(14)21)18(27)23-10-7-16(26)24-11-13-5-8-22-9-6-13/h2-6,8-9,12H,7,10-11H2,1H3,(H,23,27)(H,24,26)(H,25,28). The fourth-order valence-corrected chi connectivity index (χ4v) is 2.65. The van der Waals surface area contributed by atoms with Gasteiger partial charge in [-0.15, -0.1) is 0 Å². The zero-order valence-corrected chi connectivity index (χ0v) is 16.7. The molecule has 3 amide bonds. The molecule has 0 saturated heterocycles. The summed E-state index contributed by atoms with van der Waals surface area (Å²) >= 11 is 11.9. The highest BCUT2D eigenvalue weighted by atomic mass is 35.5. The molecule has 0 radical (unpaired) electrons. The summed E-state index contributed by atoms with van der Waals surface area (Å²) in [6.45, 7) is 2.08. The average Bonchev–Trinajstić information content (AvgIpc) is 2.69. The summed E-state index contributed by atoms with van der Waals surface area (Å²) in [7, 11) is 0. The predicted molar refractivity (Wildman–Crippen MR) is 107 cm³/mol. The minimum atomic E-state index is -0.803. The van der Waals surface area contributed by atoms with Gasteiger partial charge in [-0.2, -0.15) is 0 Å². The molecule has 3 N–H and O–H groups in total. The number of benzene rings is 1. The van der Waals surface area contributed by atoms with Crippen molar-refractivity contribution in [2.45, 2.75) is 25.9 Å². The summed E-state index contributed by atoms with van der Waals surface area (Å²) in [6.07, 6.45) is 3.42. The molecule has 28 heavy (non-hydrogen) atoms. The number of carbonyl (C=O) groups excluding carboxylic acids is 3. The number of rotatable bonds is 8. The molecule has 1 atom stereocenters. The van der Waals surface area contributed by atoms with Crippen LogP contribution in [0.5, 0.6) is 0 Å². The molecule has 1 aromatic carbocycles. The molecule has 1 unspecified atom stereocenters. The summed E-state index contributed by atoms with van der Waals surface area (Å²) in [6, 6.07) is 7.48. The third-order valence-electron chi connectivity index (χ3n) is 3.83. The molecule has 2 aromatic rings. The second kappa shape index (κ2) is 10.6. The number of amides is 3. The van der Waals surface area contributed by atoms with E-state index < -0.39 is 17.9 Å². The molecule has 0 spiro atoms. The van der Waals surface area contributed by atoms with Gasteiger partial charge in [-0.3, -0.25) is 19.4 Å². The summed E-state index contributed by atoms with van der Waals surface area (Å²) < 4.78 is 0. The summed E-state index contributed by atoms with van der Waals surface area (Å²) in [5.74, 6) is -1.11. The molecule has 0 bridgehead atoms. The molecule has 0 aliphatic carbocycles. The quantitative estimate of drug-likeness (QED) is 0.607. The van der Waals surface area contributed by atoms with E-state index in [9.17, 15) is 14.4 Å². The Morgan fingerprint density at radius 1 is 1.07 bits per heavy atom. The van der Waals surface area contributed by atoms with Crippen LogP contribution in [0.3, 0.4) is 0 Å². The van der Waals surface area contributed by atoms with Crippen molar-refractivity contribution in [3.05, 3.63) is 63.9 Å². The number of pyridine rings is 1. The van der Waals surface area contributed by atoms with Crippen molar-refractivity contribution in [3.63, 3.8) is 0 Å². The van der Waals surface area contributed by atoms with Crippen molar-refractivity contribution in [2.24, 2.45) is 0 Å². The molecule has 148 valence electrons. The highest BCUT2D eigenvalue weighted by Gasteiger charge is 2.19. The Morgan fingerprint density at radius 2 is 1.79 bits per heavy atom. The van der Waals surface area contributed by atoms with Gasteiger partial charge < -0.3 is 16.0 Å². The topological polar surface area (TPSA) is 100 Å². The Labute approximate surface area is 172 Å². The minimum absolute atomic E-state index is 0.123. The van der Waals surface area contributed by atoms with Gasteiger partial charge in [0.05, 0.1) is 15.6 Å². The van der Waals surface area contributed by atoms with E-state index in [0.29, 0.717) is 6.54 Å². The third kappa shape index (κ3) is 6.51. The van der Waals surface area contributed by atoms with E-state index >= 15 is 0 Å². The Balaban J connectivity index is 1.72. The maximum absolute atomic E-state index is 12.2. The number of nitrogens with zero attached hydrogens (tertiary/aromatic N) is 1. The first-order valence-electron chi connectivity index (χ1n) is 8.56. The monoisotopic (exact) mass is 422 g/mol. The molecule has 0 aliphatic heterocycles. The summed E-state index contributed by atoms with van der Waals surface area (Å²) in [4.78, 5) is 40.1. The van der Waals surface area contributed by atoms with E-state index in [0.717, 1.165) is 5.56 Å². The lowest BCUT2D eigenvalue weighted by Crippen LogP contribution is -2.45. The Morgan fingerprint density at radius 3 is 2.50 bits per heavy atom. The number of nitrogens with one attached hydrogen (secondary N) is 3. The van der Waals surface area contributed by atoms with E-state index in [4.69, 9.17) is 23.2 Å². The van der Waals surface area contributed by atoms with Crippen molar-refractivity contribution in [1.82, 2.24) is 20.9 Å². The van der Waals surface area contributed by atoms with E-state index in [1.165, 1.54) is 13.0 Å². The fourth-order valence-electron chi connectivity index (χ4n) is 2.26. The lowest BCUT2D eigenvalue weighted by atomic mass is 10.2. The zero-order chi connectivity index (χ0) is 20.5. The second-order valence-corrected chi connectivity index (χ2v) is 6.75. The van der Waals surface area contributed by atoms with Crippen molar-refractivity contribution in [2.75, 3.05) is 6.54 Å². The number of carbonyl (C=O) groups is 3. The maximum Gasteiger partial charge on any atom is 0.253 e. The molecule has 7 nitrogen and oxygen atoms in total. The smallest absolute Gasteiger partial charge is 0.253 e. The minimum Gasteiger partial charge on any atom is -0.354 e. The molecular formula is C19H20Cl2N4O3. The van der Waals surface area contributed by atoms with Crippen molar-refractivity contribution < 1.29 is 14.4 Å². The van der Waals surface area contributed by atoms with Crippen LogP contribution in [0.2, 0.25) is 10.0 Å². The van der Waals surface area contributed by atoms with Gasteiger partial charge in [0.15, 0.2) is 0 Å². The van der Waals surface area contributed by atoms with Crippen LogP contribution in [0.1, 0.15) is 29.3 Å². The predicted octanol–water partition coefficient (Wildman–Crippen LogP) is 2.33. The number of hydrogen-bond donors (Lipinski definition) is 3. The van der Waals surface area contributed by atoms with Crippen LogP contribution in [0.25, 0.3) is 0 Å². The Hall–Kier alpha value is -2.64. The van der Waals surface area contributed by atoms with Crippen LogP contribution in [0.15, 0.2) is 42.7 Å². The van der Waals surface area contributed by atoms with Crippen LogP contribution in [0.4, 0.5) is 0 Å². The van der Waals surface area contributed by atoms with Gasteiger partial charge in [0, 0.05) is 31.9 Å². The molecule has 0 saturated carbocycles. The molecule has 1 aromatic heterocycles. The maximum atomic E-state index is 12.2. The zero-order valence-electron chi connectivity index (χ0n) is 15.2. The number of aromatic nitrogens is 1. The highest BCUT2D eigenvalue weighted by Crippen LogP contribution is 2.25. The van der Waals surface area contributed by atoms with E-state index in [1.807, 2.05) is 0 Å². The van der Waals surface area contributed by atoms with Gasteiger partial charge in [0.2, 0.25) is 11.8 Å². The van der Waals surface area contributed by atoms with E-state index in [2.05, 4.69) is 20.9 Å². The van der Waals surface area contributed by atoms with Gasteiger partial charge >= 0.3 is 0 Å². The van der Waals surface area contributed by atoms with Gasteiger partial charge in [0.25, 0.3) is 5.91 Å². The van der Waals surface area contributed by atoms with E-state index in [1.54, 1.807) is 36.7 Å². The van der Waals surface area contributed by atoms with Crippen molar-refractivity contribution in [3.8, 4) is 0 Å². The Kier molecular flexibility index (Phi) is 8.22. The normalized spacial score (nSPS) is 11.4. The van der Waals surface area contributed by atoms with Crippen LogP contribution in [0, 0.1) is 0 Å². The Bertz CT molecular complexity index is 846. The first-order chi connectivity index (χ1) is 13.4. The lowest BCUT2D eigenvalue weighted by Gasteiger charge is -2.15. The van der Waals surface area contributed by atoms with Crippen LogP contribution >= 0.6 is 23.2 Å². The van der Waals surface area contributed by atoms with Gasteiger partial charge in [-0.25, -0.2) is 0 Å². The van der Waals surface area contributed by atoms with Gasteiger partial charge in [0.1, 0.15) is 6.04 Å². The number of hydrogen-bond acceptors (Lipinski definition) is 4. The average molecular weight is 423 g/mol. The second-order valence-electron chi connectivity index (χ2n) is 5.97.